The van der Waals surface area contributed by atoms with Gasteiger partial charge in [-0.3, -0.25) is 0 Å². The molecular formula is C29H24N2O. The largest absolute Gasteiger partial charge is 0.457 e. The fourth-order valence-corrected chi connectivity index (χ4v) is 3.27. The minimum Gasteiger partial charge on any atom is -0.457 e. The van der Waals surface area contributed by atoms with Gasteiger partial charge in [-0.25, -0.2) is 9.97 Å². The maximum atomic E-state index is 5.95. The van der Waals surface area contributed by atoms with Crippen LogP contribution >= 0.6 is 0 Å². The number of ether oxygens (including phenoxy) is 1. The molecule has 0 amide bonds. The second-order valence-electron chi connectivity index (χ2n) is 7.28. The Kier molecular flexibility index (Phi) is 6.38. The number of rotatable bonds is 7. The van der Waals surface area contributed by atoms with Gasteiger partial charge < -0.3 is 4.74 Å². The second kappa shape index (κ2) is 9.71. The van der Waals surface area contributed by atoms with Gasteiger partial charge in [-0.1, -0.05) is 79.9 Å². The van der Waals surface area contributed by atoms with Crippen LogP contribution in [0.15, 0.2) is 128 Å². The smallest absolute Gasteiger partial charge is 0.160 e. The molecule has 32 heavy (non-hydrogen) atoms. The fraction of sp³-hybridized carbons (Fsp3) is 0.0345. The number of nitrogens with zero attached hydrogens (tertiary/aromatic N) is 2. The maximum Gasteiger partial charge on any atom is 0.160 e. The Hall–Kier alpha value is -4.24. The van der Waals surface area contributed by atoms with E-state index in [0.29, 0.717) is 11.6 Å². The van der Waals surface area contributed by atoms with Crippen molar-refractivity contribution >= 4 is 0 Å². The van der Waals surface area contributed by atoms with Crippen LogP contribution in [-0.4, -0.2) is 9.97 Å². The Morgan fingerprint density at radius 3 is 1.75 bits per heavy atom. The van der Waals surface area contributed by atoms with Gasteiger partial charge in [0.1, 0.15) is 11.5 Å². The summed E-state index contributed by atoms with van der Waals surface area (Å²) in [5.74, 6) is 2.11. The van der Waals surface area contributed by atoms with Crippen molar-refractivity contribution in [2.24, 2.45) is 0 Å². The Balaban J connectivity index is 1.74. The monoisotopic (exact) mass is 416 g/mol. The number of hydrogen-bond acceptors (Lipinski definition) is 3. The quantitative estimate of drug-likeness (QED) is 0.231. The van der Waals surface area contributed by atoms with E-state index in [-0.39, 0.29) is 0 Å². The van der Waals surface area contributed by atoms with E-state index < -0.39 is 0 Å². The van der Waals surface area contributed by atoms with Crippen LogP contribution in [0, 0.1) is 0 Å². The van der Waals surface area contributed by atoms with Crippen molar-refractivity contribution in [3.05, 3.63) is 128 Å². The first kappa shape index (κ1) is 21.0. The van der Waals surface area contributed by atoms with E-state index >= 15 is 0 Å². The van der Waals surface area contributed by atoms with Gasteiger partial charge in [0, 0.05) is 16.7 Å². The number of aromatic nitrogens is 2. The van der Waals surface area contributed by atoms with Crippen molar-refractivity contribution in [3.63, 3.8) is 0 Å². The minimum atomic E-state index is 0.688. The van der Waals surface area contributed by atoms with Crippen LogP contribution in [0.4, 0.5) is 0 Å². The van der Waals surface area contributed by atoms with Gasteiger partial charge >= 0.3 is 0 Å². The van der Waals surface area contributed by atoms with Gasteiger partial charge in [0.15, 0.2) is 5.82 Å². The highest BCUT2D eigenvalue weighted by atomic mass is 16.5. The molecule has 0 aliphatic rings. The Morgan fingerprint density at radius 1 is 0.688 bits per heavy atom. The highest BCUT2D eigenvalue weighted by molar-refractivity contribution is 5.71. The molecule has 0 radical (unpaired) electrons. The molecule has 0 fully saturated rings. The third kappa shape index (κ3) is 4.73. The van der Waals surface area contributed by atoms with Crippen molar-refractivity contribution in [1.82, 2.24) is 9.97 Å². The zero-order chi connectivity index (χ0) is 22.3. The van der Waals surface area contributed by atoms with E-state index in [9.17, 15) is 0 Å². The number of benzene rings is 3. The lowest BCUT2D eigenvalue weighted by Gasteiger charge is -2.11. The van der Waals surface area contributed by atoms with Crippen LogP contribution in [0.2, 0.25) is 0 Å². The lowest BCUT2D eigenvalue weighted by molar-refractivity contribution is 0.440. The van der Waals surface area contributed by atoms with Gasteiger partial charge in [-0.15, -0.1) is 0 Å². The van der Waals surface area contributed by atoms with Crippen LogP contribution < -0.4 is 4.74 Å². The highest BCUT2D eigenvalue weighted by Gasteiger charge is 2.11. The molecule has 3 nitrogen and oxygen atoms in total. The van der Waals surface area contributed by atoms with E-state index in [1.807, 2.05) is 85.8 Å². The van der Waals surface area contributed by atoms with E-state index in [4.69, 9.17) is 14.7 Å². The van der Waals surface area contributed by atoms with Crippen LogP contribution in [0.1, 0.15) is 6.92 Å². The maximum absolute atomic E-state index is 5.95. The van der Waals surface area contributed by atoms with E-state index in [2.05, 4.69) is 25.3 Å². The predicted molar refractivity (Wildman–Crippen MR) is 132 cm³/mol. The summed E-state index contributed by atoms with van der Waals surface area (Å²) in [7, 11) is 0. The molecule has 156 valence electrons. The van der Waals surface area contributed by atoms with Gasteiger partial charge in [0.2, 0.25) is 0 Å². The molecule has 1 heterocycles. The molecule has 3 heteroatoms. The minimum absolute atomic E-state index is 0.688. The van der Waals surface area contributed by atoms with Gasteiger partial charge in [0.25, 0.3) is 0 Å². The SMILES string of the molecule is C=C/C(C)=C(\C=C)Oc1ccc(-c2cc(-c3ccccc3)nc(-c3ccccc3)n2)cc1. The van der Waals surface area contributed by atoms with Crippen LogP contribution in [0.5, 0.6) is 5.75 Å². The normalized spacial score (nSPS) is 11.4. The van der Waals surface area contributed by atoms with E-state index in [0.717, 1.165) is 39.4 Å². The van der Waals surface area contributed by atoms with Crippen molar-refractivity contribution in [3.8, 4) is 39.7 Å². The average Bonchev–Trinajstić information content (AvgIpc) is 2.88. The summed E-state index contributed by atoms with van der Waals surface area (Å²) >= 11 is 0. The zero-order valence-corrected chi connectivity index (χ0v) is 18.0. The third-order valence-electron chi connectivity index (χ3n) is 5.09. The standard InChI is InChI=1S/C29H24N2O/c1-4-21(3)28(5-2)32-25-18-16-23(17-19-25)27-20-26(22-12-8-6-9-13-22)30-29(31-27)24-14-10-7-11-15-24/h4-20H,1-2H2,3H3/b28-21+. The predicted octanol–water partition coefficient (Wildman–Crippen LogP) is 7.50. The highest BCUT2D eigenvalue weighted by Crippen LogP contribution is 2.29. The Labute approximate surface area is 189 Å². The molecule has 0 saturated carbocycles. The summed E-state index contributed by atoms with van der Waals surface area (Å²) in [5, 5.41) is 0. The second-order valence-corrected chi connectivity index (χ2v) is 7.28. The molecule has 0 atom stereocenters. The summed E-state index contributed by atoms with van der Waals surface area (Å²) in [4.78, 5) is 9.69. The van der Waals surface area contributed by atoms with Gasteiger partial charge in [0.05, 0.1) is 11.4 Å². The molecule has 0 spiro atoms. The molecule has 0 aliphatic carbocycles. The molecule has 4 rings (SSSR count). The van der Waals surface area contributed by atoms with Crippen molar-refractivity contribution in [2.75, 3.05) is 0 Å². The Morgan fingerprint density at radius 2 is 1.22 bits per heavy atom. The first-order chi connectivity index (χ1) is 15.7. The van der Waals surface area contributed by atoms with Crippen LogP contribution in [0.25, 0.3) is 33.9 Å². The van der Waals surface area contributed by atoms with Gasteiger partial charge in [-0.2, -0.15) is 0 Å². The summed E-state index contributed by atoms with van der Waals surface area (Å²) in [5.41, 5.74) is 5.68. The van der Waals surface area contributed by atoms with E-state index in [1.165, 1.54) is 0 Å². The van der Waals surface area contributed by atoms with Gasteiger partial charge in [-0.05, 0) is 48.9 Å². The molecule has 0 N–H and O–H groups in total. The molecule has 0 bridgehead atoms. The number of allylic oxidation sites excluding steroid dienone is 3. The van der Waals surface area contributed by atoms with Crippen molar-refractivity contribution in [2.45, 2.75) is 6.92 Å². The Bertz CT molecular complexity index is 1200. The summed E-state index contributed by atoms with van der Waals surface area (Å²) in [6.45, 7) is 9.55. The molecule has 3 aromatic carbocycles. The molecule has 1 aromatic heterocycles. The molecule has 0 unspecified atom stereocenters. The number of hydrogen-bond donors (Lipinski definition) is 0. The first-order valence-electron chi connectivity index (χ1n) is 10.4. The molecule has 0 aliphatic heterocycles. The fourth-order valence-electron chi connectivity index (χ4n) is 3.27. The van der Waals surface area contributed by atoms with E-state index in [1.54, 1.807) is 12.2 Å². The van der Waals surface area contributed by atoms with Crippen LogP contribution in [0.3, 0.4) is 0 Å². The average molecular weight is 417 g/mol. The summed E-state index contributed by atoms with van der Waals surface area (Å²) in [6, 6.07) is 30.1. The lowest BCUT2D eigenvalue weighted by atomic mass is 10.1. The first-order valence-corrected chi connectivity index (χ1v) is 10.4. The summed E-state index contributed by atoms with van der Waals surface area (Å²) < 4.78 is 5.95. The van der Waals surface area contributed by atoms with Crippen molar-refractivity contribution < 1.29 is 4.74 Å². The zero-order valence-electron chi connectivity index (χ0n) is 18.0. The van der Waals surface area contributed by atoms with Crippen molar-refractivity contribution in [1.29, 1.82) is 0 Å². The third-order valence-corrected chi connectivity index (χ3v) is 5.09. The van der Waals surface area contributed by atoms with Crippen LogP contribution in [-0.2, 0) is 0 Å². The summed E-state index contributed by atoms with van der Waals surface area (Å²) in [6.07, 6.45) is 3.44. The molecule has 4 aromatic rings. The molecule has 0 saturated heterocycles. The molecular weight excluding hydrogens is 392 g/mol. The lowest BCUT2D eigenvalue weighted by Crippen LogP contribution is -1.97. The topological polar surface area (TPSA) is 35.0 Å².